The van der Waals surface area contributed by atoms with Crippen molar-refractivity contribution in [3.05, 3.63) is 0 Å². The van der Waals surface area contributed by atoms with Gasteiger partial charge in [0.2, 0.25) is 0 Å². The van der Waals surface area contributed by atoms with Gasteiger partial charge in [-0.3, -0.25) is 4.90 Å². The molecule has 0 aromatic carbocycles. The molecule has 5 nitrogen and oxygen atoms in total. The molecule has 1 fully saturated rings. The molecule has 1 atom stereocenters. The van der Waals surface area contributed by atoms with E-state index in [-0.39, 0.29) is 6.61 Å². The van der Waals surface area contributed by atoms with Crippen molar-refractivity contribution in [2.75, 3.05) is 13.2 Å². The maximum Gasteiger partial charge on any atom is 0.413 e. The minimum Gasteiger partial charge on any atom is -0.444 e. The highest BCUT2D eigenvalue weighted by Crippen LogP contribution is 2.35. The second kappa shape index (κ2) is 4.14. The van der Waals surface area contributed by atoms with Crippen molar-refractivity contribution in [2.24, 2.45) is 0 Å². The third-order valence-electron chi connectivity index (χ3n) is 2.73. The quantitative estimate of drug-likeness (QED) is 0.764. The fourth-order valence-electron chi connectivity index (χ4n) is 1.98. The number of nitrogens with zero attached hydrogens (tertiary/aromatic N) is 1. The molecule has 1 rings (SSSR count). The average Bonchev–Trinajstić information content (AvgIpc) is 2.35. The van der Waals surface area contributed by atoms with E-state index in [0.29, 0.717) is 6.61 Å². The second-order valence-corrected chi connectivity index (χ2v) is 6.21. The third-order valence-corrected chi connectivity index (χ3v) is 2.73. The summed E-state index contributed by atoms with van der Waals surface area (Å²) in [7, 11) is 0. The lowest BCUT2D eigenvalue weighted by molar-refractivity contribution is -0.0714. The van der Waals surface area contributed by atoms with E-state index in [4.69, 9.17) is 9.47 Å². The van der Waals surface area contributed by atoms with Crippen molar-refractivity contribution in [1.29, 1.82) is 0 Å². The minimum absolute atomic E-state index is 0.157. The van der Waals surface area contributed by atoms with Crippen LogP contribution in [-0.2, 0) is 9.47 Å². The van der Waals surface area contributed by atoms with Crippen LogP contribution in [0, 0.1) is 0 Å². The van der Waals surface area contributed by atoms with Gasteiger partial charge in [-0.1, -0.05) is 0 Å². The summed E-state index contributed by atoms with van der Waals surface area (Å²) in [5.74, 6) is 0. The molecule has 0 saturated carbocycles. The SMILES string of the molecule is CC(C)(C)OC(=O)N1C(C)(C)OC[C@@]1(C)CO. The summed E-state index contributed by atoms with van der Waals surface area (Å²) in [4.78, 5) is 13.6. The predicted octanol–water partition coefficient (Wildman–Crippen LogP) is 1.74. The first kappa shape index (κ1) is 14.3. The van der Waals surface area contributed by atoms with Crippen LogP contribution < -0.4 is 0 Å². The van der Waals surface area contributed by atoms with Crippen LogP contribution in [0.25, 0.3) is 0 Å². The van der Waals surface area contributed by atoms with Gasteiger partial charge in [-0.15, -0.1) is 0 Å². The summed E-state index contributed by atoms with van der Waals surface area (Å²) in [5.41, 5.74) is -2.06. The van der Waals surface area contributed by atoms with E-state index < -0.39 is 23.0 Å². The van der Waals surface area contributed by atoms with Crippen molar-refractivity contribution in [2.45, 2.75) is 58.4 Å². The first-order chi connectivity index (χ1) is 7.52. The van der Waals surface area contributed by atoms with E-state index in [2.05, 4.69) is 0 Å². The first-order valence-electron chi connectivity index (χ1n) is 5.80. The Morgan fingerprint density at radius 1 is 1.41 bits per heavy atom. The molecule has 0 aliphatic carbocycles. The number of ether oxygens (including phenoxy) is 2. The van der Waals surface area contributed by atoms with Gasteiger partial charge in [0.1, 0.15) is 11.3 Å². The zero-order chi connectivity index (χ0) is 13.5. The monoisotopic (exact) mass is 245 g/mol. The summed E-state index contributed by atoms with van der Waals surface area (Å²) >= 11 is 0. The third kappa shape index (κ3) is 2.90. The van der Waals surface area contributed by atoms with Gasteiger partial charge in [-0.05, 0) is 41.5 Å². The summed E-state index contributed by atoms with van der Waals surface area (Å²) < 4.78 is 10.9. The molecular formula is C12H23NO4. The molecule has 1 heterocycles. The van der Waals surface area contributed by atoms with Crippen LogP contribution in [0.2, 0.25) is 0 Å². The summed E-state index contributed by atoms with van der Waals surface area (Å²) in [6.45, 7) is 10.9. The number of amides is 1. The summed E-state index contributed by atoms with van der Waals surface area (Å²) in [6.07, 6.45) is -0.462. The molecule has 1 aliphatic heterocycles. The first-order valence-corrected chi connectivity index (χ1v) is 5.80. The van der Waals surface area contributed by atoms with Crippen molar-refractivity contribution >= 4 is 6.09 Å². The number of rotatable bonds is 1. The normalized spacial score (nSPS) is 28.3. The lowest BCUT2D eigenvalue weighted by Gasteiger charge is -2.39. The Morgan fingerprint density at radius 3 is 2.35 bits per heavy atom. The van der Waals surface area contributed by atoms with Crippen LogP contribution in [0.15, 0.2) is 0 Å². The highest BCUT2D eigenvalue weighted by molar-refractivity contribution is 5.70. The molecule has 0 unspecified atom stereocenters. The highest BCUT2D eigenvalue weighted by Gasteiger charge is 2.52. The number of carbonyl (C=O) groups excluding carboxylic acids is 1. The molecule has 0 spiro atoms. The van der Waals surface area contributed by atoms with E-state index in [1.807, 2.05) is 20.8 Å². The van der Waals surface area contributed by atoms with Crippen LogP contribution >= 0.6 is 0 Å². The summed E-state index contributed by atoms with van der Waals surface area (Å²) in [6, 6.07) is 0. The Kier molecular flexibility index (Phi) is 3.47. The van der Waals surface area contributed by atoms with Gasteiger partial charge >= 0.3 is 6.09 Å². The van der Waals surface area contributed by atoms with Gasteiger partial charge in [-0.2, -0.15) is 0 Å². The number of aliphatic hydroxyl groups is 1. The Balaban J connectivity index is 2.95. The fraction of sp³-hybridized carbons (Fsp3) is 0.917. The molecular weight excluding hydrogens is 222 g/mol. The topological polar surface area (TPSA) is 59.0 Å². The molecule has 0 radical (unpaired) electrons. The van der Waals surface area contributed by atoms with E-state index in [9.17, 15) is 9.90 Å². The fourth-order valence-corrected chi connectivity index (χ4v) is 1.98. The zero-order valence-corrected chi connectivity index (χ0v) is 11.5. The molecule has 1 N–H and O–H groups in total. The molecule has 1 aliphatic rings. The molecule has 1 amide bonds. The zero-order valence-electron chi connectivity index (χ0n) is 11.5. The largest absolute Gasteiger partial charge is 0.444 e. The smallest absolute Gasteiger partial charge is 0.413 e. The molecule has 17 heavy (non-hydrogen) atoms. The standard InChI is InChI=1S/C12H23NO4/c1-10(2,3)17-9(15)13-11(4,5)16-8-12(13,6)7-14/h14H,7-8H2,1-6H3/t12-/m1/s1. The number of carbonyl (C=O) groups is 1. The van der Waals surface area contributed by atoms with Crippen LogP contribution in [0.1, 0.15) is 41.5 Å². The Hall–Kier alpha value is -0.810. The Bertz CT molecular complexity index is 308. The molecule has 100 valence electrons. The van der Waals surface area contributed by atoms with Crippen LogP contribution in [0.4, 0.5) is 4.79 Å². The second-order valence-electron chi connectivity index (χ2n) is 6.21. The highest BCUT2D eigenvalue weighted by atomic mass is 16.6. The average molecular weight is 245 g/mol. The Labute approximate surface area is 103 Å². The van der Waals surface area contributed by atoms with Crippen molar-refractivity contribution in [1.82, 2.24) is 4.90 Å². The predicted molar refractivity (Wildman–Crippen MR) is 63.6 cm³/mol. The van der Waals surface area contributed by atoms with Crippen molar-refractivity contribution in [3.63, 3.8) is 0 Å². The molecule has 0 bridgehead atoms. The van der Waals surface area contributed by atoms with Crippen LogP contribution in [-0.4, -0.2) is 46.2 Å². The molecule has 0 aromatic rings. The maximum atomic E-state index is 12.2. The van der Waals surface area contributed by atoms with Gasteiger partial charge < -0.3 is 14.6 Å². The minimum atomic E-state index is -0.764. The number of hydrogen-bond acceptors (Lipinski definition) is 4. The van der Waals surface area contributed by atoms with Gasteiger partial charge in [-0.25, -0.2) is 4.79 Å². The lowest BCUT2D eigenvalue weighted by atomic mass is 10.0. The van der Waals surface area contributed by atoms with Gasteiger partial charge in [0.05, 0.1) is 18.8 Å². The van der Waals surface area contributed by atoms with E-state index in [0.717, 1.165) is 0 Å². The molecule has 5 heteroatoms. The van der Waals surface area contributed by atoms with Crippen molar-refractivity contribution in [3.8, 4) is 0 Å². The van der Waals surface area contributed by atoms with Gasteiger partial charge in [0, 0.05) is 0 Å². The maximum absolute atomic E-state index is 12.2. The molecule has 1 saturated heterocycles. The number of hydrogen-bond donors (Lipinski definition) is 1. The van der Waals surface area contributed by atoms with E-state index in [1.165, 1.54) is 4.90 Å². The van der Waals surface area contributed by atoms with Crippen LogP contribution in [0.3, 0.4) is 0 Å². The molecule has 0 aromatic heterocycles. The lowest BCUT2D eigenvalue weighted by Crippen LogP contribution is -2.57. The van der Waals surface area contributed by atoms with Gasteiger partial charge in [0.25, 0.3) is 0 Å². The van der Waals surface area contributed by atoms with E-state index >= 15 is 0 Å². The van der Waals surface area contributed by atoms with Gasteiger partial charge in [0.15, 0.2) is 0 Å². The van der Waals surface area contributed by atoms with Crippen molar-refractivity contribution < 1.29 is 19.4 Å². The Morgan fingerprint density at radius 2 is 1.94 bits per heavy atom. The van der Waals surface area contributed by atoms with Crippen LogP contribution in [0.5, 0.6) is 0 Å². The summed E-state index contributed by atoms with van der Waals surface area (Å²) in [5, 5.41) is 9.45. The number of aliphatic hydroxyl groups excluding tert-OH is 1. The van der Waals surface area contributed by atoms with E-state index in [1.54, 1.807) is 20.8 Å².